The molecule has 0 heterocycles. The average Bonchev–Trinajstić information content (AvgIpc) is 2.83. The van der Waals surface area contributed by atoms with E-state index in [2.05, 4.69) is 0 Å². The number of ketones is 1. The van der Waals surface area contributed by atoms with Gasteiger partial charge in [-0.1, -0.05) is 30.3 Å². The summed E-state index contributed by atoms with van der Waals surface area (Å²) >= 11 is 0. The minimum absolute atomic E-state index is 0.0518. The predicted octanol–water partition coefficient (Wildman–Crippen LogP) is 2.51. The van der Waals surface area contributed by atoms with E-state index < -0.39 is 11.4 Å². The van der Waals surface area contributed by atoms with E-state index >= 15 is 0 Å². The van der Waals surface area contributed by atoms with Crippen LogP contribution in [0, 0.1) is 5.41 Å². The molecule has 4 nitrogen and oxygen atoms in total. The zero-order valence-electron chi connectivity index (χ0n) is 11.8. The molecule has 0 N–H and O–H groups in total. The zero-order valence-corrected chi connectivity index (χ0v) is 11.8. The smallest absolute Gasteiger partial charge is 0.322 e. The topological polar surface area (TPSA) is 52.6 Å². The van der Waals surface area contributed by atoms with Gasteiger partial charge >= 0.3 is 5.97 Å². The third-order valence-corrected chi connectivity index (χ3v) is 3.67. The van der Waals surface area contributed by atoms with Gasteiger partial charge in [0.25, 0.3) is 0 Å². The quantitative estimate of drug-likeness (QED) is 0.592. The fourth-order valence-electron chi connectivity index (χ4n) is 2.54. The van der Waals surface area contributed by atoms with Gasteiger partial charge in [0, 0.05) is 6.42 Å². The number of ether oxygens (including phenoxy) is 2. The maximum atomic E-state index is 12.1. The van der Waals surface area contributed by atoms with Crippen LogP contribution in [0.2, 0.25) is 0 Å². The summed E-state index contributed by atoms with van der Waals surface area (Å²) in [6.45, 7) is 2.54. The highest BCUT2D eigenvalue weighted by Crippen LogP contribution is 2.36. The zero-order chi connectivity index (χ0) is 14.4. The monoisotopic (exact) mass is 276 g/mol. The van der Waals surface area contributed by atoms with Crippen molar-refractivity contribution in [3.8, 4) is 0 Å². The summed E-state index contributed by atoms with van der Waals surface area (Å²) in [6, 6.07) is 9.70. The lowest BCUT2D eigenvalue weighted by atomic mass is 9.86. The molecule has 1 aromatic rings. The lowest BCUT2D eigenvalue weighted by Gasteiger charge is -2.24. The van der Waals surface area contributed by atoms with Gasteiger partial charge in [0.05, 0.1) is 19.8 Å². The van der Waals surface area contributed by atoms with Crippen LogP contribution in [0.5, 0.6) is 0 Å². The lowest BCUT2D eigenvalue weighted by molar-refractivity contribution is -0.163. The summed E-state index contributed by atoms with van der Waals surface area (Å²) in [7, 11) is 0. The van der Waals surface area contributed by atoms with Crippen LogP contribution in [0.4, 0.5) is 0 Å². The Bertz CT molecular complexity index is 469. The molecule has 2 rings (SSSR count). The molecule has 1 aromatic carbocycles. The first-order valence-electron chi connectivity index (χ1n) is 7.01. The van der Waals surface area contributed by atoms with Gasteiger partial charge in [-0.15, -0.1) is 0 Å². The fourth-order valence-corrected chi connectivity index (χ4v) is 2.54. The summed E-state index contributed by atoms with van der Waals surface area (Å²) < 4.78 is 10.7. The first kappa shape index (κ1) is 14.7. The Balaban J connectivity index is 1.98. The predicted molar refractivity (Wildman–Crippen MR) is 74.0 cm³/mol. The van der Waals surface area contributed by atoms with Crippen molar-refractivity contribution in [2.75, 3.05) is 13.2 Å². The van der Waals surface area contributed by atoms with Crippen LogP contribution in [0.3, 0.4) is 0 Å². The van der Waals surface area contributed by atoms with Crippen LogP contribution in [0.25, 0.3) is 0 Å². The molecule has 108 valence electrons. The van der Waals surface area contributed by atoms with Crippen LogP contribution in [0.15, 0.2) is 30.3 Å². The van der Waals surface area contributed by atoms with Crippen LogP contribution in [-0.2, 0) is 25.7 Å². The van der Waals surface area contributed by atoms with E-state index in [1.54, 1.807) is 6.92 Å². The van der Waals surface area contributed by atoms with Crippen molar-refractivity contribution in [3.63, 3.8) is 0 Å². The molecule has 1 atom stereocenters. The Kier molecular flexibility index (Phi) is 4.90. The lowest BCUT2D eigenvalue weighted by Crippen LogP contribution is -2.41. The molecule has 0 aromatic heterocycles. The number of carbonyl (C=O) groups is 2. The molecular weight excluding hydrogens is 256 g/mol. The summed E-state index contributed by atoms with van der Waals surface area (Å²) in [5.74, 6) is -0.487. The number of rotatable bonds is 6. The normalized spacial score (nSPS) is 21.9. The van der Waals surface area contributed by atoms with E-state index in [1.165, 1.54) is 0 Å². The second-order valence-electron chi connectivity index (χ2n) is 5.06. The number of esters is 1. The second-order valence-corrected chi connectivity index (χ2v) is 5.06. The van der Waals surface area contributed by atoms with Crippen molar-refractivity contribution >= 4 is 11.8 Å². The number of benzene rings is 1. The summed E-state index contributed by atoms with van der Waals surface area (Å²) in [5.41, 5.74) is -0.0536. The van der Waals surface area contributed by atoms with Crippen molar-refractivity contribution in [2.45, 2.75) is 32.8 Å². The standard InChI is InChI=1S/C16H20O4/c1-2-20-15(18)16(10-6-9-14(16)17)12-19-11-13-7-4-3-5-8-13/h3-5,7-8H,2,6,9-12H2,1H3. The van der Waals surface area contributed by atoms with E-state index in [4.69, 9.17) is 9.47 Å². The van der Waals surface area contributed by atoms with Crippen molar-refractivity contribution < 1.29 is 19.1 Å². The molecule has 1 fully saturated rings. The molecule has 0 spiro atoms. The van der Waals surface area contributed by atoms with Gasteiger partial charge in [0.2, 0.25) is 0 Å². The largest absolute Gasteiger partial charge is 0.465 e. The van der Waals surface area contributed by atoms with Crippen molar-refractivity contribution in [1.82, 2.24) is 0 Å². The van der Waals surface area contributed by atoms with E-state index in [1.807, 2.05) is 30.3 Å². The molecule has 0 bridgehead atoms. The number of hydrogen-bond donors (Lipinski definition) is 0. The summed E-state index contributed by atoms with van der Waals surface area (Å²) in [4.78, 5) is 24.2. The SMILES string of the molecule is CCOC(=O)C1(COCc2ccccc2)CCCC1=O. The Hall–Kier alpha value is -1.68. The molecular formula is C16H20O4. The van der Waals surface area contributed by atoms with Gasteiger partial charge in [-0.3, -0.25) is 9.59 Å². The van der Waals surface area contributed by atoms with Crippen molar-refractivity contribution in [3.05, 3.63) is 35.9 Å². The molecule has 0 radical (unpaired) electrons. The van der Waals surface area contributed by atoms with E-state index in [0.29, 0.717) is 19.4 Å². The molecule has 1 saturated carbocycles. The Morgan fingerprint density at radius 3 is 2.65 bits per heavy atom. The average molecular weight is 276 g/mol. The van der Waals surface area contributed by atoms with E-state index in [9.17, 15) is 9.59 Å². The highest BCUT2D eigenvalue weighted by Gasteiger charge is 2.50. The molecule has 0 aliphatic heterocycles. The van der Waals surface area contributed by atoms with Gasteiger partial charge in [0.15, 0.2) is 5.78 Å². The van der Waals surface area contributed by atoms with Crippen LogP contribution >= 0.6 is 0 Å². The Morgan fingerprint density at radius 1 is 1.30 bits per heavy atom. The van der Waals surface area contributed by atoms with Crippen LogP contribution in [-0.4, -0.2) is 25.0 Å². The number of carbonyl (C=O) groups excluding carboxylic acids is 2. The Morgan fingerprint density at radius 2 is 2.05 bits per heavy atom. The minimum Gasteiger partial charge on any atom is -0.465 e. The van der Waals surface area contributed by atoms with Crippen LogP contribution in [0.1, 0.15) is 31.7 Å². The number of hydrogen-bond acceptors (Lipinski definition) is 4. The first-order valence-corrected chi connectivity index (χ1v) is 7.01. The highest BCUT2D eigenvalue weighted by molar-refractivity contribution is 6.05. The first-order chi connectivity index (χ1) is 9.69. The fraction of sp³-hybridized carbons (Fsp3) is 0.500. The third kappa shape index (κ3) is 3.07. The van der Waals surface area contributed by atoms with Crippen molar-refractivity contribution in [1.29, 1.82) is 0 Å². The number of Topliss-reactive ketones (excluding diaryl/α,β-unsaturated/α-hetero) is 1. The molecule has 1 aliphatic carbocycles. The molecule has 1 aliphatic rings. The van der Waals surface area contributed by atoms with E-state index in [-0.39, 0.29) is 19.0 Å². The van der Waals surface area contributed by atoms with Crippen LogP contribution < -0.4 is 0 Å². The van der Waals surface area contributed by atoms with E-state index in [0.717, 1.165) is 12.0 Å². The minimum atomic E-state index is -1.08. The Labute approximate surface area is 119 Å². The summed E-state index contributed by atoms with van der Waals surface area (Å²) in [5, 5.41) is 0. The molecule has 1 unspecified atom stereocenters. The van der Waals surface area contributed by atoms with Gasteiger partial charge < -0.3 is 9.47 Å². The maximum absolute atomic E-state index is 12.1. The molecule has 20 heavy (non-hydrogen) atoms. The molecule has 4 heteroatoms. The molecule has 0 saturated heterocycles. The van der Waals surface area contributed by atoms with Gasteiger partial charge in [-0.2, -0.15) is 0 Å². The molecule has 0 amide bonds. The van der Waals surface area contributed by atoms with Gasteiger partial charge in [-0.05, 0) is 25.3 Å². The maximum Gasteiger partial charge on any atom is 0.322 e. The van der Waals surface area contributed by atoms with Gasteiger partial charge in [-0.25, -0.2) is 0 Å². The highest BCUT2D eigenvalue weighted by atomic mass is 16.5. The third-order valence-electron chi connectivity index (χ3n) is 3.67. The summed E-state index contributed by atoms with van der Waals surface area (Å²) in [6.07, 6.45) is 1.69. The van der Waals surface area contributed by atoms with Gasteiger partial charge in [0.1, 0.15) is 5.41 Å². The van der Waals surface area contributed by atoms with Crippen molar-refractivity contribution in [2.24, 2.45) is 5.41 Å². The second kappa shape index (κ2) is 6.66.